The van der Waals surface area contributed by atoms with Crippen LogP contribution in [0, 0.1) is 0 Å². The average molecular weight is 320 g/mol. The normalized spacial score (nSPS) is 10.9. The number of esters is 1. The first-order valence-corrected chi connectivity index (χ1v) is 8.45. The summed E-state index contributed by atoms with van der Waals surface area (Å²) >= 11 is 0. The third-order valence-corrected chi connectivity index (χ3v) is 3.40. The Hall–Kier alpha value is -1.81. The number of unbranched alkanes of at least 4 members (excludes halogenated alkanes) is 5. The smallest absolute Gasteiger partial charge is 0.330 e. The minimum Gasteiger partial charge on any atom is -0.494 e. The van der Waals surface area contributed by atoms with Crippen LogP contribution in [0.4, 0.5) is 0 Å². The van der Waals surface area contributed by atoms with Gasteiger partial charge < -0.3 is 14.6 Å². The van der Waals surface area contributed by atoms with Crippen LogP contribution < -0.4 is 4.74 Å². The maximum atomic E-state index is 11.2. The summed E-state index contributed by atoms with van der Waals surface area (Å²) in [5, 5.41) is 8.69. The second-order valence-corrected chi connectivity index (χ2v) is 5.35. The van der Waals surface area contributed by atoms with Crippen molar-refractivity contribution >= 4 is 12.0 Å². The fourth-order valence-corrected chi connectivity index (χ4v) is 2.14. The van der Waals surface area contributed by atoms with Gasteiger partial charge in [0.25, 0.3) is 0 Å². The summed E-state index contributed by atoms with van der Waals surface area (Å²) in [4.78, 5) is 11.2. The van der Waals surface area contributed by atoms with E-state index in [1.54, 1.807) is 13.0 Å². The second-order valence-electron chi connectivity index (χ2n) is 5.35. The van der Waals surface area contributed by atoms with Crippen molar-refractivity contribution in [2.75, 3.05) is 19.8 Å². The molecule has 4 heteroatoms. The number of ether oxygens (including phenoxy) is 2. The van der Waals surface area contributed by atoms with E-state index >= 15 is 0 Å². The molecular formula is C19H28O4. The lowest BCUT2D eigenvalue weighted by Gasteiger charge is -2.06. The van der Waals surface area contributed by atoms with Gasteiger partial charge >= 0.3 is 5.97 Å². The average Bonchev–Trinajstić information content (AvgIpc) is 2.57. The molecule has 0 spiro atoms. The number of carbonyl (C=O) groups excluding carboxylic acids is 1. The van der Waals surface area contributed by atoms with Crippen molar-refractivity contribution in [3.8, 4) is 5.75 Å². The molecule has 1 N–H and O–H groups in total. The van der Waals surface area contributed by atoms with Crippen LogP contribution in [0.2, 0.25) is 0 Å². The minimum atomic E-state index is -0.327. The molecule has 0 saturated carbocycles. The fourth-order valence-electron chi connectivity index (χ4n) is 2.14. The number of hydrogen-bond donors (Lipinski definition) is 1. The van der Waals surface area contributed by atoms with Crippen LogP contribution in [-0.4, -0.2) is 30.9 Å². The highest BCUT2D eigenvalue weighted by Gasteiger charge is 1.97. The first kappa shape index (κ1) is 19.2. The first-order valence-electron chi connectivity index (χ1n) is 8.45. The summed E-state index contributed by atoms with van der Waals surface area (Å²) in [6, 6.07) is 7.65. The first-order chi connectivity index (χ1) is 11.3. The standard InChI is InChI=1S/C19H28O4/c1-2-22-19(21)14-11-17-9-12-18(13-10-17)23-16-8-6-4-3-5-7-15-20/h9-14,20H,2-8,15-16H2,1H3/b14-11+. The number of hydrogen-bond acceptors (Lipinski definition) is 4. The Bertz CT molecular complexity index is 451. The van der Waals surface area contributed by atoms with E-state index in [1.807, 2.05) is 24.3 Å². The van der Waals surface area contributed by atoms with Crippen LogP contribution in [0.5, 0.6) is 5.75 Å². The SMILES string of the molecule is CCOC(=O)/C=C/c1ccc(OCCCCCCCCO)cc1. The van der Waals surface area contributed by atoms with E-state index in [0.717, 1.165) is 43.6 Å². The highest BCUT2D eigenvalue weighted by atomic mass is 16.5. The molecule has 0 fully saturated rings. The lowest BCUT2D eigenvalue weighted by Crippen LogP contribution is -1.98. The molecule has 0 saturated heterocycles. The molecule has 4 nitrogen and oxygen atoms in total. The summed E-state index contributed by atoms with van der Waals surface area (Å²) in [6.45, 7) is 3.19. The summed E-state index contributed by atoms with van der Waals surface area (Å²) in [7, 11) is 0. The van der Waals surface area contributed by atoms with Crippen molar-refractivity contribution in [2.24, 2.45) is 0 Å². The molecule has 128 valence electrons. The Morgan fingerprint density at radius 1 is 1.04 bits per heavy atom. The maximum absolute atomic E-state index is 11.2. The predicted octanol–water partition coefficient (Wildman–Crippen LogP) is 3.97. The van der Waals surface area contributed by atoms with Crippen molar-refractivity contribution in [1.29, 1.82) is 0 Å². The molecule has 0 heterocycles. The van der Waals surface area contributed by atoms with E-state index in [-0.39, 0.29) is 5.97 Å². The topological polar surface area (TPSA) is 55.8 Å². The Morgan fingerprint density at radius 3 is 2.35 bits per heavy atom. The number of carbonyl (C=O) groups is 1. The summed E-state index contributed by atoms with van der Waals surface area (Å²) in [6.07, 6.45) is 9.76. The van der Waals surface area contributed by atoms with E-state index in [9.17, 15) is 4.79 Å². The van der Waals surface area contributed by atoms with Gasteiger partial charge in [-0.25, -0.2) is 4.79 Å². The van der Waals surface area contributed by atoms with Gasteiger partial charge in [0, 0.05) is 12.7 Å². The highest BCUT2D eigenvalue weighted by molar-refractivity contribution is 5.87. The molecule has 0 radical (unpaired) electrons. The van der Waals surface area contributed by atoms with Gasteiger partial charge in [-0.3, -0.25) is 0 Å². The van der Waals surface area contributed by atoms with Crippen LogP contribution in [0.1, 0.15) is 51.0 Å². The van der Waals surface area contributed by atoms with E-state index in [4.69, 9.17) is 14.6 Å². The van der Waals surface area contributed by atoms with Crippen molar-refractivity contribution in [1.82, 2.24) is 0 Å². The lowest BCUT2D eigenvalue weighted by molar-refractivity contribution is -0.137. The zero-order valence-corrected chi connectivity index (χ0v) is 14.0. The monoisotopic (exact) mass is 320 g/mol. The summed E-state index contributed by atoms with van der Waals surface area (Å²) in [5.74, 6) is 0.519. The Morgan fingerprint density at radius 2 is 1.70 bits per heavy atom. The number of rotatable bonds is 12. The molecule has 0 aromatic heterocycles. The zero-order valence-electron chi connectivity index (χ0n) is 14.0. The third kappa shape index (κ3) is 9.74. The molecular weight excluding hydrogens is 292 g/mol. The summed E-state index contributed by atoms with van der Waals surface area (Å²) in [5.41, 5.74) is 0.939. The van der Waals surface area contributed by atoms with Gasteiger partial charge in [0.15, 0.2) is 0 Å². The second kappa shape index (κ2) is 12.7. The van der Waals surface area contributed by atoms with Crippen LogP contribution in [0.3, 0.4) is 0 Å². The molecule has 0 bridgehead atoms. The zero-order chi connectivity index (χ0) is 16.8. The highest BCUT2D eigenvalue weighted by Crippen LogP contribution is 2.14. The van der Waals surface area contributed by atoms with Gasteiger partial charge in [0.05, 0.1) is 13.2 Å². The number of aliphatic hydroxyl groups excluding tert-OH is 1. The molecule has 0 aliphatic rings. The van der Waals surface area contributed by atoms with Crippen molar-refractivity contribution in [3.63, 3.8) is 0 Å². The van der Waals surface area contributed by atoms with Gasteiger partial charge in [0.2, 0.25) is 0 Å². The van der Waals surface area contributed by atoms with Crippen LogP contribution in [0.25, 0.3) is 6.08 Å². The van der Waals surface area contributed by atoms with E-state index in [1.165, 1.54) is 18.9 Å². The molecule has 0 aliphatic carbocycles. The molecule has 1 aromatic carbocycles. The largest absolute Gasteiger partial charge is 0.494 e. The predicted molar refractivity (Wildman–Crippen MR) is 92.4 cm³/mol. The van der Waals surface area contributed by atoms with Gasteiger partial charge in [-0.2, -0.15) is 0 Å². The molecule has 0 aliphatic heterocycles. The number of aliphatic hydroxyl groups is 1. The van der Waals surface area contributed by atoms with Crippen molar-refractivity contribution < 1.29 is 19.4 Å². The van der Waals surface area contributed by atoms with Crippen LogP contribution >= 0.6 is 0 Å². The summed E-state index contributed by atoms with van der Waals surface area (Å²) < 4.78 is 10.5. The molecule has 23 heavy (non-hydrogen) atoms. The third-order valence-electron chi connectivity index (χ3n) is 3.40. The Labute approximate surface area is 139 Å². The van der Waals surface area contributed by atoms with Gasteiger partial charge in [-0.05, 0) is 43.5 Å². The molecule has 0 atom stereocenters. The van der Waals surface area contributed by atoms with Crippen molar-refractivity contribution in [3.05, 3.63) is 35.9 Å². The van der Waals surface area contributed by atoms with Crippen molar-refractivity contribution in [2.45, 2.75) is 45.4 Å². The quantitative estimate of drug-likeness (QED) is 0.360. The van der Waals surface area contributed by atoms with Gasteiger partial charge in [-0.1, -0.05) is 37.8 Å². The van der Waals surface area contributed by atoms with Gasteiger partial charge in [0.1, 0.15) is 5.75 Å². The fraction of sp³-hybridized carbons (Fsp3) is 0.526. The van der Waals surface area contributed by atoms with Crippen LogP contribution in [-0.2, 0) is 9.53 Å². The molecule has 1 rings (SSSR count). The van der Waals surface area contributed by atoms with E-state index in [2.05, 4.69) is 0 Å². The molecule has 0 unspecified atom stereocenters. The van der Waals surface area contributed by atoms with Gasteiger partial charge in [-0.15, -0.1) is 0 Å². The number of benzene rings is 1. The maximum Gasteiger partial charge on any atom is 0.330 e. The Balaban J connectivity index is 2.18. The van der Waals surface area contributed by atoms with E-state index in [0.29, 0.717) is 13.2 Å². The Kier molecular flexibility index (Phi) is 10.6. The van der Waals surface area contributed by atoms with E-state index < -0.39 is 0 Å². The minimum absolute atomic E-state index is 0.300. The molecule has 1 aromatic rings. The lowest BCUT2D eigenvalue weighted by atomic mass is 10.1. The molecule has 0 amide bonds. The van der Waals surface area contributed by atoms with Crippen LogP contribution in [0.15, 0.2) is 30.3 Å².